The van der Waals surface area contributed by atoms with Crippen molar-refractivity contribution in [1.82, 2.24) is 4.98 Å². The Hall–Kier alpha value is -2.23. The maximum Gasteiger partial charge on any atom is 0.310 e. The van der Waals surface area contributed by atoms with E-state index in [4.69, 9.17) is 14.7 Å². The predicted molar refractivity (Wildman–Crippen MR) is 60.8 cm³/mol. The minimum Gasteiger partial charge on any atom is -0.495 e. The second kappa shape index (κ2) is 6.64. The van der Waals surface area contributed by atoms with Gasteiger partial charge in [0, 0.05) is 11.8 Å². The first kappa shape index (κ1) is 14.8. The number of methoxy groups -OCH3 is 1. The van der Waals surface area contributed by atoms with E-state index in [0.717, 1.165) is 6.20 Å². The smallest absolute Gasteiger partial charge is 0.310 e. The van der Waals surface area contributed by atoms with Crippen LogP contribution in [0.15, 0.2) is 6.20 Å². The Morgan fingerprint density at radius 2 is 2.26 bits per heavy atom. The summed E-state index contributed by atoms with van der Waals surface area (Å²) in [4.78, 5) is 14.9. The molecule has 0 aromatic carbocycles. The molecule has 0 aliphatic heterocycles. The van der Waals surface area contributed by atoms with Gasteiger partial charge in [0.2, 0.25) is 0 Å². The summed E-state index contributed by atoms with van der Waals surface area (Å²) in [5.41, 5.74) is -0.784. The van der Waals surface area contributed by atoms with Crippen LogP contribution in [0.1, 0.15) is 30.2 Å². The largest absolute Gasteiger partial charge is 0.495 e. The van der Waals surface area contributed by atoms with Gasteiger partial charge in [-0.2, -0.15) is 5.26 Å². The zero-order chi connectivity index (χ0) is 14.4. The van der Waals surface area contributed by atoms with Crippen LogP contribution < -0.4 is 4.74 Å². The monoisotopic (exact) mass is 270 g/mol. The quantitative estimate of drug-likeness (QED) is 0.765. The van der Waals surface area contributed by atoms with Gasteiger partial charge in [-0.1, -0.05) is 0 Å². The van der Waals surface area contributed by atoms with Crippen LogP contribution in [-0.2, 0) is 16.0 Å². The number of pyridine rings is 1. The minimum absolute atomic E-state index is 0.0687. The predicted octanol–water partition coefficient (Wildman–Crippen LogP) is 2.01. The third-order valence-corrected chi connectivity index (χ3v) is 2.30. The van der Waals surface area contributed by atoms with Crippen LogP contribution in [0.2, 0.25) is 0 Å². The van der Waals surface area contributed by atoms with Gasteiger partial charge in [0.05, 0.1) is 20.1 Å². The van der Waals surface area contributed by atoms with E-state index in [0.29, 0.717) is 0 Å². The molecule has 0 saturated heterocycles. The fraction of sp³-hybridized carbons (Fsp3) is 0.417. The molecule has 0 N–H and O–H groups in total. The first-order chi connectivity index (χ1) is 9.04. The van der Waals surface area contributed by atoms with Crippen LogP contribution in [0.3, 0.4) is 0 Å². The molecule has 1 aromatic rings. The number of nitriles is 1. The maximum absolute atomic E-state index is 12.7. The van der Waals surface area contributed by atoms with Crippen molar-refractivity contribution >= 4 is 5.97 Å². The van der Waals surface area contributed by atoms with Crippen molar-refractivity contribution in [2.45, 2.75) is 19.8 Å². The number of esters is 1. The summed E-state index contributed by atoms with van der Waals surface area (Å²) in [6.07, 6.45) is -1.99. The van der Waals surface area contributed by atoms with Crippen molar-refractivity contribution in [3.8, 4) is 11.8 Å². The molecule has 1 rings (SSSR count). The number of carbonyl (C=O) groups excluding carboxylic acids is 1. The van der Waals surface area contributed by atoms with Gasteiger partial charge < -0.3 is 9.47 Å². The molecule has 0 spiro atoms. The second-order valence-corrected chi connectivity index (χ2v) is 3.47. The number of aromatic nitrogens is 1. The van der Waals surface area contributed by atoms with Crippen molar-refractivity contribution in [3.05, 3.63) is 23.0 Å². The molecular weight excluding hydrogens is 258 g/mol. The van der Waals surface area contributed by atoms with Crippen LogP contribution in [0.4, 0.5) is 8.78 Å². The topological polar surface area (TPSA) is 72.2 Å². The summed E-state index contributed by atoms with van der Waals surface area (Å²) in [5, 5.41) is 8.92. The molecule has 0 saturated carbocycles. The number of hydrogen-bond donors (Lipinski definition) is 0. The van der Waals surface area contributed by atoms with E-state index in [-0.39, 0.29) is 29.9 Å². The molecule has 7 heteroatoms. The standard InChI is InChI=1S/C12H12F2N2O3/c1-3-19-9(17)4-7-6-16-10(12(13)14)8(5-15)11(7)18-2/h6,12H,3-4H2,1-2H3. The minimum atomic E-state index is -2.89. The first-order valence-electron chi connectivity index (χ1n) is 5.44. The fourth-order valence-corrected chi connectivity index (χ4v) is 1.55. The summed E-state index contributed by atoms with van der Waals surface area (Å²) in [6.45, 7) is 1.85. The molecule has 0 amide bonds. The Morgan fingerprint density at radius 3 is 2.74 bits per heavy atom. The van der Waals surface area contributed by atoms with Crippen LogP contribution in [0.5, 0.6) is 5.75 Å². The Kier molecular flexibility index (Phi) is 5.18. The van der Waals surface area contributed by atoms with Gasteiger partial charge in [-0.3, -0.25) is 9.78 Å². The molecule has 0 aliphatic carbocycles. The fourth-order valence-electron chi connectivity index (χ4n) is 1.55. The highest BCUT2D eigenvalue weighted by Crippen LogP contribution is 2.30. The summed E-state index contributed by atoms with van der Waals surface area (Å²) >= 11 is 0. The average Bonchev–Trinajstić information content (AvgIpc) is 2.37. The third kappa shape index (κ3) is 3.37. The molecule has 1 heterocycles. The molecular formula is C12H12F2N2O3. The molecule has 1 aromatic heterocycles. The Bertz CT molecular complexity index is 512. The van der Waals surface area contributed by atoms with Gasteiger partial charge in [0.1, 0.15) is 23.1 Å². The van der Waals surface area contributed by atoms with Gasteiger partial charge in [0.25, 0.3) is 6.43 Å². The number of carbonyl (C=O) groups is 1. The highest BCUT2D eigenvalue weighted by atomic mass is 19.3. The molecule has 102 valence electrons. The first-order valence-corrected chi connectivity index (χ1v) is 5.44. The lowest BCUT2D eigenvalue weighted by atomic mass is 10.1. The molecule has 0 radical (unpaired) electrons. The molecule has 0 bridgehead atoms. The molecule has 0 fully saturated rings. The Morgan fingerprint density at radius 1 is 1.58 bits per heavy atom. The average molecular weight is 270 g/mol. The number of halogens is 2. The van der Waals surface area contributed by atoms with E-state index in [1.54, 1.807) is 13.0 Å². The number of alkyl halides is 2. The maximum atomic E-state index is 12.7. The molecule has 0 aliphatic rings. The zero-order valence-corrected chi connectivity index (χ0v) is 10.4. The van der Waals surface area contributed by atoms with E-state index in [1.165, 1.54) is 7.11 Å². The van der Waals surface area contributed by atoms with Gasteiger partial charge in [-0.15, -0.1) is 0 Å². The Balaban J connectivity index is 3.21. The number of rotatable bonds is 5. The van der Waals surface area contributed by atoms with E-state index < -0.39 is 18.1 Å². The van der Waals surface area contributed by atoms with Gasteiger partial charge in [0.15, 0.2) is 0 Å². The van der Waals surface area contributed by atoms with Crippen molar-refractivity contribution in [2.24, 2.45) is 0 Å². The molecule has 5 nitrogen and oxygen atoms in total. The van der Waals surface area contributed by atoms with Crippen LogP contribution in [-0.4, -0.2) is 24.7 Å². The van der Waals surface area contributed by atoms with Gasteiger partial charge in [-0.25, -0.2) is 8.78 Å². The molecule has 19 heavy (non-hydrogen) atoms. The van der Waals surface area contributed by atoms with Crippen LogP contribution in [0, 0.1) is 11.3 Å². The Labute approximate surface area is 108 Å². The zero-order valence-electron chi connectivity index (χ0n) is 10.4. The normalized spacial score (nSPS) is 10.1. The summed E-state index contributed by atoms with van der Waals surface area (Å²) in [5.74, 6) is -0.614. The highest BCUT2D eigenvalue weighted by Gasteiger charge is 2.22. The van der Waals surface area contributed by atoms with Crippen LogP contribution >= 0.6 is 0 Å². The van der Waals surface area contributed by atoms with Gasteiger partial charge >= 0.3 is 5.97 Å². The van der Waals surface area contributed by atoms with Crippen molar-refractivity contribution < 1.29 is 23.0 Å². The lowest BCUT2D eigenvalue weighted by molar-refractivity contribution is -0.142. The van der Waals surface area contributed by atoms with E-state index in [1.807, 2.05) is 0 Å². The summed E-state index contributed by atoms with van der Waals surface area (Å²) < 4.78 is 35.0. The van der Waals surface area contributed by atoms with Crippen molar-refractivity contribution in [1.29, 1.82) is 5.26 Å². The number of nitrogens with zero attached hydrogens (tertiary/aromatic N) is 2. The van der Waals surface area contributed by atoms with Crippen molar-refractivity contribution in [2.75, 3.05) is 13.7 Å². The van der Waals surface area contributed by atoms with Crippen LogP contribution in [0.25, 0.3) is 0 Å². The van der Waals surface area contributed by atoms with E-state index in [2.05, 4.69) is 4.98 Å². The summed E-state index contributed by atoms with van der Waals surface area (Å²) in [7, 11) is 1.24. The lowest BCUT2D eigenvalue weighted by Gasteiger charge is -2.12. The second-order valence-electron chi connectivity index (χ2n) is 3.47. The summed E-state index contributed by atoms with van der Waals surface area (Å²) in [6, 6.07) is 1.62. The number of hydrogen-bond acceptors (Lipinski definition) is 5. The SMILES string of the molecule is CCOC(=O)Cc1cnc(C(F)F)c(C#N)c1OC. The molecule has 0 atom stereocenters. The lowest BCUT2D eigenvalue weighted by Crippen LogP contribution is -2.11. The number of ether oxygens (including phenoxy) is 2. The highest BCUT2D eigenvalue weighted by molar-refractivity contribution is 5.74. The van der Waals surface area contributed by atoms with E-state index >= 15 is 0 Å². The van der Waals surface area contributed by atoms with Crippen molar-refractivity contribution in [3.63, 3.8) is 0 Å². The molecule has 0 unspecified atom stereocenters. The van der Waals surface area contributed by atoms with E-state index in [9.17, 15) is 13.6 Å². The third-order valence-electron chi connectivity index (χ3n) is 2.30. The van der Waals surface area contributed by atoms with Gasteiger partial charge in [-0.05, 0) is 6.92 Å².